The third-order valence-electron chi connectivity index (χ3n) is 5.63. The van der Waals surface area contributed by atoms with Crippen LogP contribution in [-0.2, 0) is 26.8 Å². The molecule has 156 valence electrons. The molecule has 0 spiro atoms. The Bertz CT molecular complexity index is 1350. The molecule has 1 fully saturated rings. The smallest absolute Gasteiger partial charge is 0.184 e. The van der Waals surface area contributed by atoms with Crippen LogP contribution in [0.4, 0.5) is 0 Å². The second kappa shape index (κ2) is 7.94. The predicted molar refractivity (Wildman–Crippen MR) is 119 cm³/mol. The molecule has 0 aliphatic heterocycles. The van der Waals surface area contributed by atoms with Gasteiger partial charge in [-0.1, -0.05) is 28.8 Å². The third kappa shape index (κ3) is 4.26. The Balaban J connectivity index is 1.24. The van der Waals surface area contributed by atoms with E-state index >= 15 is 0 Å². The predicted octanol–water partition coefficient (Wildman–Crippen LogP) is 3.98. The fraction of sp³-hybridized carbons (Fsp3) is 0.217. The quantitative estimate of drug-likeness (QED) is 0.424. The number of pyridine rings is 1. The lowest BCUT2D eigenvalue weighted by molar-refractivity contribution is -0.119. The van der Waals surface area contributed by atoms with Crippen molar-refractivity contribution in [3.05, 3.63) is 83.7 Å². The van der Waals surface area contributed by atoms with E-state index in [0.29, 0.717) is 12.1 Å². The molecular weight excluding hydrogens is 430 g/mol. The summed E-state index contributed by atoms with van der Waals surface area (Å²) in [5.74, 6) is 0.242. The molecule has 31 heavy (non-hydrogen) atoms. The first-order chi connectivity index (χ1) is 15.0. The fourth-order valence-electron chi connectivity index (χ4n) is 3.87. The number of rotatable bonds is 7. The zero-order valence-electron chi connectivity index (χ0n) is 16.5. The molecule has 2 aromatic heterocycles. The highest BCUT2D eigenvalue weighted by Crippen LogP contribution is 2.48. The number of hydrogen-bond acceptors (Lipinski definition) is 7. The lowest BCUT2D eigenvalue weighted by atomic mass is 10.0. The minimum Gasteiger partial charge on any atom is -0.299 e. The first-order valence-electron chi connectivity index (χ1n) is 9.96. The Kier molecular flexibility index (Phi) is 5.11. The summed E-state index contributed by atoms with van der Waals surface area (Å²) in [5, 5.41) is 4.02. The molecule has 0 amide bonds. The van der Waals surface area contributed by atoms with Gasteiger partial charge in [-0.2, -0.15) is 0 Å². The van der Waals surface area contributed by atoms with E-state index in [2.05, 4.69) is 14.6 Å². The largest absolute Gasteiger partial charge is 0.299 e. The van der Waals surface area contributed by atoms with Crippen LogP contribution in [0.1, 0.15) is 29.2 Å². The summed E-state index contributed by atoms with van der Waals surface area (Å²) in [5.41, 5.74) is 3.36. The molecule has 2 heterocycles. The number of Topliss-reactive ketones (excluding diaryl/α,β-unsaturated/α-hetero) is 1. The van der Waals surface area contributed by atoms with E-state index in [-0.39, 0.29) is 28.3 Å². The number of hydrogen-bond donors (Lipinski definition) is 0. The van der Waals surface area contributed by atoms with Gasteiger partial charge < -0.3 is 0 Å². The molecule has 1 unspecified atom stereocenters. The van der Waals surface area contributed by atoms with Crippen LogP contribution in [0.15, 0.2) is 71.8 Å². The van der Waals surface area contributed by atoms with E-state index in [1.54, 1.807) is 36.5 Å². The van der Waals surface area contributed by atoms with Gasteiger partial charge in [0.15, 0.2) is 9.84 Å². The maximum absolute atomic E-state index is 12.7. The zero-order chi connectivity index (χ0) is 21.4. The summed E-state index contributed by atoms with van der Waals surface area (Å²) in [4.78, 5) is 17.1. The maximum Gasteiger partial charge on any atom is 0.184 e. The molecule has 1 saturated carbocycles. The van der Waals surface area contributed by atoms with Crippen LogP contribution in [-0.4, -0.2) is 28.8 Å². The maximum atomic E-state index is 12.7. The molecule has 6 nitrogen and oxygen atoms in total. The summed E-state index contributed by atoms with van der Waals surface area (Å²) in [6.07, 6.45) is 2.79. The molecule has 0 radical (unpaired) electrons. The molecule has 0 bridgehead atoms. The molecular formula is C23H19N3O3S2. The highest BCUT2D eigenvalue weighted by molar-refractivity contribution is 7.90. The van der Waals surface area contributed by atoms with Gasteiger partial charge in [0.25, 0.3) is 0 Å². The zero-order valence-corrected chi connectivity index (χ0v) is 18.1. The van der Waals surface area contributed by atoms with Gasteiger partial charge in [0.1, 0.15) is 11.3 Å². The van der Waals surface area contributed by atoms with Gasteiger partial charge in [0.2, 0.25) is 0 Å². The van der Waals surface area contributed by atoms with E-state index in [4.69, 9.17) is 0 Å². The second-order valence-electron chi connectivity index (χ2n) is 7.82. The van der Waals surface area contributed by atoms with Crippen molar-refractivity contribution >= 4 is 37.4 Å². The van der Waals surface area contributed by atoms with Crippen LogP contribution in [0.3, 0.4) is 0 Å². The highest BCUT2D eigenvalue weighted by atomic mass is 32.2. The number of fused-ring (bicyclic) bond motifs is 1. The van der Waals surface area contributed by atoms with Crippen molar-refractivity contribution in [1.82, 2.24) is 14.6 Å². The van der Waals surface area contributed by atoms with Crippen LogP contribution in [0.2, 0.25) is 0 Å². The van der Waals surface area contributed by atoms with Crippen molar-refractivity contribution in [3.63, 3.8) is 0 Å². The number of nitrogens with zero attached hydrogens (tertiary/aromatic N) is 3. The van der Waals surface area contributed by atoms with Crippen molar-refractivity contribution in [3.8, 4) is 0 Å². The van der Waals surface area contributed by atoms with E-state index in [0.717, 1.165) is 27.8 Å². The molecule has 4 aromatic rings. The number of sulfone groups is 1. The Hall–Kier alpha value is -2.97. The number of carbonyl (C=O) groups is 1. The van der Waals surface area contributed by atoms with Crippen molar-refractivity contribution < 1.29 is 13.2 Å². The summed E-state index contributed by atoms with van der Waals surface area (Å²) in [7, 11) is -3.46. The van der Waals surface area contributed by atoms with E-state index in [1.807, 2.05) is 30.3 Å². The van der Waals surface area contributed by atoms with Crippen LogP contribution in [0, 0.1) is 5.92 Å². The van der Waals surface area contributed by atoms with E-state index in [1.165, 1.54) is 11.5 Å². The van der Waals surface area contributed by atoms with Crippen LogP contribution in [0.25, 0.3) is 10.2 Å². The topological polar surface area (TPSA) is 89.9 Å². The molecule has 1 aliphatic rings. The standard InChI is InChI=1S/C23H19N3O3S2/c27-22(11-15-4-9-21-23(12-15)30-26-25-21)20-13-19(20)16-5-7-18(8-6-16)31(28,29)14-17-3-1-2-10-24-17/h1-10,12,19-20H,11,13-14H2/t19?,20-/m1/s1. The number of benzene rings is 2. The Morgan fingerprint density at radius 3 is 2.68 bits per heavy atom. The van der Waals surface area contributed by atoms with Gasteiger partial charge in [0, 0.05) is 18.5 Å². The number of aromatic nitrogens is 3. The second-order valence-corrected chi connectivity index (χ2v) is 10.6. The minimum absolute atomic E-state index is 0.00809. The van der Waals surface area contributed by atoms with E-state index in [9.17, 15) is 13.2 Å². The third-order valence-corrected chi connectivity index (χ3v) is 7.98. The van der Waals surface area contributed by atoms with E-state index < -0.39 is 9.84 Å². The average Bonchev–Trinajstić information content (AvgIpc) is 3.44. The van der Waals surface area contributed by atoms with Crippen LogP contribution in [0.5, 0.6) is 0 Å². The van der Waals surface area contributed by atoms with Crippen molar-refractivity contribution in [2.45, 2.75) is 29.4 Å². The first-order valence-corrected chi connectivity index (χ1v) is 12.4. The summed E-state index contributed by atoms with van der Waals surface area (Å²) < 4.78 is 30.2. The SMILES string of the molecule is O=C(Cc1ccc2nnsc2c1)[C@@H]1CC1c1ccc(S(=O)(=O)Cc2ccccn2)cc1. The monoisotopic (exact) mass is 449 g/mol. The van der Waals surface area contributed by atoms with Gasteiger partial charge in [-0.15, -0.1) is 5.10 Å². The lowest BCUT2D eigenvalue weighted by Crippen LogP contribution is -2.07. The Morgan fingerprint density at radius 2 is 1.90 bits per heavy atom. The molecule has 0 saturated heterocycles. The van der Waals surface area contributed by atoms with Gasteiger partial charge >= 0.3 is 0 Å². The molecule has 1 aliphatic carbocycles. The molecule has 2 aromatic carbocycles. The molecule has 5 rings (SSSR count). The van der Waals surface area contributed by atoms with Crippen LogP contribution >= 0.6 is 11.5 Å². The van der Waals surface area contributed by atoms with Crippen molar-refractivity contribution in [2.24, 2.45) is 5.92 Å². The molecule has 2 atom stereocenters. The molecule has 8 heteroatoms. The first kappa shape index (κ1) is 20.0. The summed E-state index contributed by atoms with van der Waals surface area (Å²) in [6.45, 7) is 0. The van der Waals surface area contributed by atoms with Gasteiger partial charge in [-0.05, 0) is 71.4 Å². The Labute approximate surface area is 184 Å². The van der Waals surface area contributed by atoms with Crippen molar-refractivity contribution in [1.29, 1.82) is 0 Å². The molecule has 0 N–H and O–H groups in total. The Morgan fingerprint density at radius 1 is 1.06 bits per heavy atom. The fourth-order valence-corrected chi connectivity index (χ4v) is 5.77. The van der Waals surface area contributed by atoms with Crippen LogP contribution < -0.4 is 0 Å². The highest BCUT2D eigenvalue weighted by Gasteiger charge is 2.43. The van der Waals surface area contributed by atoms with Gasteiger partial charge in [-0.3, -0.25) is 9.78 Å². The number of ketones is 1. The van der Waals surface area contributed by atoms with Gasteiger partial charge in [-0.25, -0.2) is 8.42 Å². The minimum atomic E-state index is -3.46. The number of carbonyl (C=O) groups excluding carboxylic acids is 1. The van der Waals surface area contributed by atoms with Gasteiger partial charge in [0.05, 0.1) is 21.0 Å². The lowest BCUT2D eigenvalue weighted by Gasteiger charge is -2.06. The summed E-state index contributed by atoms with van der Waals surface area (Å²) in [6, 6.07) is 18.0. The average molecular weight is 450 g/mol. The van der Waals surface area contributed by atoms with Crippen molar-refractivity contribution in [2.75, 3.05) is 0 Å². The normalized spacial score (nSPS) is 18.2. The summed E-state index contributed by atoms with van der Waals surface area (Å²) >= 11 is 1.33.